The van der Waals surface area contributed by atoms with E-state index < -0.39 is 0 Å². The van der Waals surface area contributed by atoms with Gasteiger partial charge in [-0.15, -0.1) is 0 Å². The van der Waals surface area contributed by atoms with Crippen LogP contribution in [0.15, 0.2) is 41.8 Å². The van der Waals surface area contributed by atoms with Gasteiger partial charge in [-0.05, 0) is 12.1 Å². The number of rotatable bonds is 3. The first-order chi connectivity index (χ1) is 8.72. The summed E-state index contributed by atoms with van der Waals surface area (Å²) in [4.78, 5) is 4.02. The minimum absolute atomic E-state index is 0.152. The van der Waals surface area contributed by atoms with Gasteiger partial charge in [0.25, 0.3) is 0 Å². The highest BCUT2D eigenvalue weighted by atomic mass is 15.3. The first-order valence-electron chi connectivity index (χ1n) is 5.13. The molecule has 4 N–H and O–H groups in total. The highest BCUT2D eigenvalue weighted by Gasteiger charge is 2.02. The number of hydrazone groups is 1. The zero-order valence-electron chi connectivity index (χ0n) is 9.38. The average molecular weight is 238 g/mol. The van der Waals surface area contributed by atoms with E-state index in [4.69, 9.17) is 16.4 Å². The van der Waals surface area contributed by atoms with Crippen LogP contribution in [-0.4, -0.2) is 16.5 Å². The van der Waals surface area contributed by atoms with E-state index in [0.717, 1.165) is 16.5 Å². The van der Waals surface area contributed by atoms with Crippen molar-refractivity contribution in [3.63, 3.8) is 0 Å². The summed E-state index contributed by atoms with van der Waals surface area (Å²) >= 11 is 0. The molecular weight excluding hydrogens is 228 g/mol. The standard InChI is InChI=1S/C12H10N6/c13-6-11(12(14)15)18-17-10-3-1-2-8-7-16-5-4-9(8)10/h1-5,7,17H,(H3,14,15)/b18-11+. The highest BCUT2D eigenvalue weighted by Crippen LogP contribution is 2.21. The Balaban J connectivity index is 2.39. The fourth-order valence-corrected chi connectivity index (χ4v) is 1.48. The van der Waals surface area contributed by atoms with Crippen LogP contribution in [0.5, 0.6) is 0 Å². The van der Waals surface area contributed by atoms with E-state index >= 15 is 0 Å². The number of amidine groups is 1. The summed E-state index contributed by atoms with van der Waals surface area (Å²) < 4.78 is 0. The summed E-state index contributed by atoms with van der Waals surface area (Å²) in [6, 6.07) is 9.18. The molecule has 0 aliphatic rings. The molecule has 1 aromatic carbocycles. The second-order valence-electron chi connectivity index (χ2n) is 3.50. The zero-order chi connectivity index (χ0) is 13.0. The molecule has 2 rings (SSSR count). The van der Waals surface area contributed by atoms with Crippen LogP contribution < -0.4 is 11.2 Å². The van der Waals surface area contributed by atoms with Crippen molar-refractivity contribution >= 4 is 28.0 Å². The first-order valence-corrected chi connectivity index (χ1v) is 5.13. The maximum atomic E-state index is 8.74. The molecule has 0 spiro atoms. The van der Waals surface area contributed by atoms with Gasteiger partial charge in [0.2, 0.25) is 5.71 Å². The van der Waals surface area contributed by atoms with Crippen molar-refractivity contribution in [1.29, 1.82) is 10.7 Å². The molecule has 18 heavy (non-hydrogen) atoms. The molecule has 0 aliphatic carbocycles. The molecule has 1 aromatic heterocycles. The van der Waals surface area contributed by atoms with Crippen molar-refractivity contribution in [3.8, 4) is 6.07 Å². The molecule has 0 unspecified atom stereocenters. The number of nitrogens with one attached hydrogen (secondary N) is 2. The van der Waals surface area contributed by atoms with E-state index in [2.05, 4.69) is 15.5 Å². The molecule has 0 atom stereocenters. The summed E-state index contributed by atoms with van der Waals surface area (Å²) in [5, 5.41) is 21.6. The van der Waals surface area contributed by atoms with E-state index in [-0.39, 0.29) is 11.5 Å². The Kier molecular flexibility index (Phi) is 3.16. The average Bonchev–Trinajstić information content (AvgIpc) is 2.39. The van der Waals surface area contributed by atoms with E-state index in [9.17, 15) is 0 Å². The fraction of sp³-hybridized carbons (Fsp3) is 0. The number of hydrogen-bond donors (Lipinski definition) is 3. The number of aromatic nitrogens is 1. The second kappa shape index (κ2) is 4.93. The molecule has 0 amide bonds. The lowest BCUT2D eigenvalue weighted by atomic mass is 10.1. The second-order valence-corrected chi connectivity index (χ2v) is 3.50. The molecule has 88 valence electrons. The van der Waals surface area contributed by atoms with Crippen molar-refractivity contribution < 1.29 is 0 Å². The number of fused-ring (bicyclic) bond motifs is 1. The normalized spacial score (nSPS) is 10.9. The van der Waals surface area contributed by atoms with E-state index in [1.165, 1.54) is 0 Å². The van der Waals surface area contributed by atoms with Gasteiger partial charge in [-0.25, -0.2) is 0 Å². The number of nitrogens with zero attached hydrogens (tertiary/aromatic N) is 3. The molecule has 0 radical (unpaired) electrons. The third-order valence-corrected chi connectivity index (χ3v) is 2.33. The molecule has 2 aromatic rings. The van der Waals surface area contributed by atoms with Crippen LogP contribution in [0.4, 0.5) is 5.69 Å². The van der Waals surface area contributed by atoms with Crippen LogP contribution in [0.2, 0.25) is 0 Å². The lowest BCUT2D eigenvalue weighted by molar-refractivity contribution is 1.33. The first kappa shape index (κ1) is 11.5. The van der Waals surface area contributed by atoms with Crippen LogP contribution in [-0.2, 0) is 0 Å². The van der Waals surface area contributed by atoms with E-state index in [1.807, 2.05) is 24.3 Å². The van der Waals surface area contributed by atoms with Crippen LogP contribution in [0, 0.1) is 16.7 Å². The molecular formula is C12H10N6. The molecule has 6 heteroatoms. The fourth-order valence-electron chi connectivity index (χ4n) is 1.48. The Morgan fingerprint density at radius 3 is 3.00 bits per heavy atom. The summed E-state index contributed by atoms with van der Waals surface area (Å²) in [5.74, 6) is -0.369. The van der Waals surface area contributed by atoms with Gasteiger partial charge in [-0.3, -0.25) is 15.8 Å². The van der Waals surface area contributed by atoms with Gasteiger partial charge in [0.05, 0.1) is 5.69 Å². The maximum Gasteiger partial charge on any atom is 0.201 e. The summed E-state index contributed by atoms with van der Waals surface area (Å²) in [7, 11) is 0. The zero-order valence-corrected chi connectivity index (χ0v) is 9.38. The van der Waals surface area contributed by atoms with Gasteiger partial charge < -0.3 is 5.73 Å². The predicted molar refractivity (Wildman–Crippen MR) is 70.3 cm³/mol. The van der Waals surface area contributed by atoms with Crippen molar-refractivity contribution in [2.75, 3.05) is 5.43 Å². The lowest BCUT2D eigenvalue weighted by Gasteiger charge is -2.05. The molecule has 6 nitrogen and oxygen atoms in total. The molecule has 0 fully saturated rings. The Morgan fingerprint density at radius 1 is 1.44 bits per heavy atom. The topological polar surface area (TPSA) is 111 Å². The summed E-state index contributed by atoms with van der Waals surface area (Å²) in [6.07, 6.45) is 3.41. The Morgan fingerprint density at radius 2 is 2.28 bits per heavy atom. The maximum absolute atomic E-state index is 8.74. The van der Waals surface area contributed by atoms with E-state index in [0.29, 0.717) is 0 Å². The molecule has 0 saturated carbocycles. The van der Waals surface area contributed by atoms with Crippen LogP contribution >= 0.6 is 0 Å². The van der Waals surface area contributed by atoms with Gasteiger partial charge in [-0.1, -0.05) is 12.1 Å². The van der Waals surface area contributed by atoms with Crippen molar-refractivity contribution in [1.82, 2.24) is 4.98 Å². The Bertz CT molecular complexity index is 662. The van der Waals surface area contributed by atoms with E-state index in [1.54, 1.807) is 18.5 Å². The minimum atomic E-state index is -0.369. The predicted octanol–water partition coefficient (Wildman–Crippen LogP) is 1.46. The van der Waals surface area contributed by atoms with Crippen LogP contribution in [0.3, 0.4) is 0 Å². The quantitative estimate of drug-likeness (QED) is 0.427. The van der Waals surface area contributed by atoms with Crippen molar-refractivity contribution in [2.24, 2.45) is 10.8 Å². The number of benzene rings is 1. The largest absolute Gasteiger partial charge is 0.382 e. The smallest absolute Gasteiger partial charge is 0.201 e. The van der Waals surface area contributed by atoms with Gasteiger partial charge in [0.1, 0.15) is 6.07 Å². The van der Waals surface area contributed by atoms with Gasteiger partial charge in [0.15, 0.2) is 5.84 Å². The van der Waals surface area contributed by atoms with Crippen LogP contribution in [0.1, 0.15) is 0 Å². The minimum Gasteiger partial charge on any atom is -0.382 e. The number of nitrogens with two attached hydrogens (primary N) is 1. The van der Waals surface area contributed by atoms with Crippen LogP contribution in [0.25, 0.3) is 10.8 Å². The number of nitriles is 1. The third-order valence-electron chi connectivity index (χ3n) is 2.33. The highest BCUT2D eigenvalue weighted by molar-refractivity contribution is 6.45. The molecule has 0 aliphatic heterocycles. The Labute approximate surface area is 103 Å². The lowest BCUT2D eigenvalue weighted by Crippen LogP contribution is -2.21. The monoisotopic (exact) mass is 238 g/mol. The third kappa shape index (κ3) is 2.25. The SMILES string of the molecule is N#C/C(=N\Nc1cccc2cnccc12)C(=N)N. The Hall–Kier alpha value is -2.94. The number of pyridine rings is 1. The van der Waals surface area contributed by atoms with Crippen molar-refractivity contribution in [2.45, 2.75) is 0 Å². The van der Waals surface area contributed by atoms with Gasteiger partial charge in [-0.2, -0.15) is 10.4 Å². The number of anilines is 1. The number of hydrogen-bond acceptors (Lipinski definition) is 5. The molecule has 0 bridgehead atoms. The van der Waals surface area contributed by atoms with Gasteiger partial charge in [0, 0.05) is 23.2 Å². The summed E-state index contributed by atoms with van der Waals surface area (Å²) in [5.41, 5.74) is 8.51. The van der Waals surface area contributed by atoms with Crippen molar-refractivity contribution in [3.05, 3.63) is 36.7 Å². The van der Waals surface area contributed by atoms with Gasteiger partial charge >= 0.3 is 0 Å². The molecule has 0 saturated heterocycles. The molecule has 1 heterocycles. The summed E-state index contributed by atoms with van der Waals surface area (Å²) in [6.45, 7) is 0.